The Balaban J connectivity index is 0. The minimum Gasteiger partial charge on any atom is -0.746 e. The van der Waals surface area contributed by atoms with Gasteiger partial charge in [-0.15, -0.1) is 0 Å². The molecule has 0 aromatic heterocycles. The van der Waals surface area contributed by atoms with Gasteiger partial charge in [-0.1, -0.05) is 103 Å². The zero-order chi connectivity index (χ0) is 18.1. The van der Waals surface area contributed by atoms with Crippen LogP contribution in [0.15, 0.2) is 0 Å². The van der Waals surface area contributed by atoms with Gasteiger partial charge in [0.05, 0.1) is 0 Å². The Kier molecular flexibility index (Phi) is 22.0. The SMILES string of the molecule is CCCCCCCCCCCCCCCCCCC(O)S(=O)(=O)[O-].[Na+]. The van der Waals surface area contributed by atoms with Gasteiger partial charge in [-0.05, 0) is 12.8 Å². The van der Waals surface area contributed by atoms with Crippen LogP contribution in [0.25, 0.3) is 0 Å². The van der Waals surface area contributed by atoms with Crippen molar-refractivity contribution in [2.24, 2.45) is 0 Å². The van der Waals surface area contributed by atoms with Crippen LogP contribution < -0.4 is 29.6 Å². The summed E-state index contributed by atoms with van der Waals surface area (Å²) < 4.78 is 31.6. The van der Waals surface area contributed by atoms with Crippen LogP contribution in [0.5, 0.6) is 0 Å². The van der Waals surface area contributed by atoms with E-state index in [-0.39, 0.29) is 36.0 Å². The summed E-state index contributed by atoms with van der Waals surface area (Å²) in [5, 5.41) is 9.10. The van der Waals surface area contributed by atoms with E-state index >= 15 is 0 Å². The molecule has 0 saturated heterocycles. The van der Waals surface area contributed by atoms with E-state index in [1.807, 2.05) is 0 Å². The molecule has 0 aromatic carbocycles. The van der Waals surface area contributed by atoms with E-state index in [1.54, 1.807) is 0 Å². The quantitative estimate of drug-likeness (QED) is 0.223. The number of hydrogen-bond acceptors (Lipinski definition) is 4. The fraction of sp³-hybridized carbons (Fsp3) is 1.00. The van der Waals surface area contributed by atoms with Crippen LogP contribution in [-0.4, -0.2) is 23.5 Å². The van der Waals surface area contributed by atoms with Crippen LogP contribution in [0.1, 0.15) is 116 Å². The van der Waals surface area contributed by atoms with E-state index in [2.05, 4.69) is 6.92 Å². The molecule has 0 rings (SSSR count). The summed E-state index contributed by atoms with van der Waals surface area (Å²) in [6.45, 7) is 2.26. The van der Waals surface area contributed by atoms with Crippen molar-refractivity contribution in [3.05, 3.63) is 0 Å². The number of rotatable bonds is 18. The van der Waals surface area contributed by atoms with Crippen LogP contribution in [0, 0.1) is 0 Å². The average molecular weight is 387 g/mol. The Bertz CT molecular complexity index is 360. The van der Waals surface area contributed by atoms with Gasteiger partial charge in [-0.2, -0.15) is 0 Å². The third kappa shape index (κ3) is 21.0. The molecule has 0 saturated carbocycles. The summed E-state index contributed by atoms with van der Waals surface area (Å²) in [7, 11) is -4.52. The van der Waals surface area contributed by atoms with E-state index in [9.17, 15) is 13.0 Å². The van der Waals surface area contributed by atoms with Gasteiger partial charge < -0.3 is 9.66 Å². The molecule has 0 spiro atoms. The largest absolute Gasteiger partial charge is 1.00 e. The van der Waals surface area contributed by atoms with Gasteiger partial charge in [-0.3, -0.25) is 0 Å². The minimum atomic E-state index is -4.52. The summed E-state index contributed by atoms with van der Waals surface area (Å²) >= 11 is 0. The minimum absolute atomic E-state index is 0. The molecule has 1 atom stereocenters. The van der Waals surface area contributed by atoms with Gasteiger partial charge in [0.2, 0.25) is 0 Å². The first-order valence-electron chi connectivity index (χ1n) is 10.1. The van der Waals surface area contributed by atoms with Crippen molar-refractivity contribution >= 4 is 10.1 Å². The van der Waals surface area contributed by atoms with E-state index in [0.717, 1.165) is 19.3 Å². The molecule has 0 aliphatic heterocycles. The third-order valence-electron chi connectivity index (χ3n) is 4.64. The molecule has 1 N–H and O–H groups in total. The van der Waals surface area contributed by atoms with E-state index in [1.165, 1.54) is 77.0 Å². The summed E-state index contributed by atoms with van der Waals surface area (Å²) in [6, 6.07) is 0. The van der Waals surface area contributed by atoms with Gasteiger partial charge in [0.25, 0.3) is 0 Å². The van der Waals surface area contributed by atoms with Gasteiger partial charge in [-0.25, -0.2) is 8.42 Å². The van der Waals surface area contributed by atoms with Crippen molar-refractivity contribution in [2.45, 2.75) is 122 Å². The molecule has 0 aliphatic rings. The number of unbranched alkanes of at least 4 members (excludes halogenated alkanes) is 15. The summed E-state index contributed by atoms with van der Waals surface area (Å²) in [5.41, 5.74) is -1.72. The molecule has 0 fully saturated rings. The fourth-order valence-corrected chi connectivity index (χ4v) is 3.47. The van der Waals surface area contributed by atoms with Gasteiger partial charge in [0.15, 0.2) is 0 Å². The van der Waals surface area contributed by atoms with Crippen LogP contribution in [0.2, 0.25) is 0 Å². The van der Waals surface area contributed by atoms with Gasteiger partial charge >= 0.3 is 29.6 Å². The zero-order valence-electron chi connectivity index (χ0n) is 16.7. The summed E-state index contributed by atoms with van der Waals surface area (Å²) in [4.78, 5) is 0. The first-order chi connectivity index (χ1) is 11.5. The first kappa shape index (κ1) is 28.1. The monoisotopic (exact) mass is 386 g/mol. The van der Waals surface area contributed by atoms with Crippen LogP contribution in [-0.2, 0) is 10.1 Å². The number of aliphatic hydroxyl groups excluding tert-OH is 1. The second-order valence-corrected chi connectivity index (χ2v) is 8.57. The standard InChI is InChI=1S/C19H40O4S.Na/c1-2-3-4-5-6-7-8-9-10-11-12-13-14-15-16-17-18-19(20)24(21,22)23;/h19-20H,2-18H2,1H3,(H,21,22,23);/q;+1/p-1. The average Bonchev–Trinajstić information content (AvgIpc) is 2.53. The number of aliphatic hydroxyl groups is 1. The second kappa shape index (κ2) is 19.6. The predicted molar refractivity (Wildman–Crippen MR) is 99.9 cm³/mol. The first-order valence-corrected chi connectivity index (χ1v) is 11.6. The van der Waals surface area contributed by atoms with E-state index < -0.39 is 15.6 Å². The topological polar surface area (TPSA) is 77.4 Å². The van der Waals surface area contributed by atoms with Crippen molar-refractivity contribution in [2.75, 3.05) is 0 Å². The fourth-order valence-electron chi connectivity index (χ4n) is 3.01. The molecule has 0 amide bonds. The van der Waals surface area contributed by atoms with Crippen LogP contribution >= 0.6 is 0 Å². The van der Waals surface area contributed by atoms with Crippen molar-refractivity contribution in [3.8, 4) is 0 Å². The molecular formula is C19H39NaO4S. The Hall–Kier alpha value is 0.870. The molecule has 6 heteroatoms. The maximum atomic E-state index is 10.5. The van der Waals surface area contributed by atoms with E-state index in [0.29, 0.717) is 6.42 Å². The van der Waals surface area contributed by atoms with Gasteiger partial charge in [0, 0.05) is 0 Å². The molecule has 4 nitrogen and oxygen atoms in total. The van der Waals surface area contributed by atoms with Crippen molar-refractivity contribution in [1.29, 1.82) is 0 Å². The van der Waals surface area contributed by atoms with Crippen molar-refractivity contribution < 1.29 is 47.6 Å². The molecule has 0 bridgehead atoms. The van der Waals surface area contributed by atoms with Gasteiger partial charge in [0.1, 0.15) is 15.6 Å². The third-order valence-corrected chi connectivity index (χ3v) is 5.54. The molecule has 146 valence electrons. The Morgan fingerprint density at radius 2 is 0.960 bits per heavy atom. The Labute approximate surface area is 178 Å². The molecule has 0 heterocycles. The Morgan fingerprint density at radius 1 is 0.680 bits per heavy atom. The Morgan fingerprint density at radius 3 is 1.24 bits per heavy atom. The maximum absolute atomic E-state index is 10.5. The smallest absolute Gasteiger partial charge is 0.746 e. The normalized spacial score (nSPS) is 12.8. The van der Waals surface area contributed by atoms with Crippen LogP contribution in [0.3, 0.4) is 0 Å². The molecular weight excluding hydrogens is 347 g/mol. The maximum Gasteiger partial charge on any atom is 1.00 e. The number of hydrogen-bond donors (Lipinski definition) is 1. The summed E-state index contributed by atoms with van der Waals surface area (Å²) in [6.07, 6.45) is 20.1. The van der Waals surface area contributed by atoms with Crippen molar-refractivity contribution in [1.82, 2.24) is 0 Å². The zero-order valence-corrected chi connectivity index (χ0v) is 19.5. The van der Waals surface area contributed by atoms with Crippen molar-refractivity contribution in [3.63, 3.8) is 0 Å². The van der Waals surface area contributed by atoms with E-state index in [4.69, 9.17) is 5.11 Å². The second-order valence-electron chi connectivity index (χ2n) is 7.04. The van der Waals surface area contributed by atoms with Crippen LogP contribution in [0.4, 0.5) is 0 Å². The predicted octanol–water partition coefficient (Wildman–Crippen LogP) is 2.51. The molecule has 1 unspecified atom stereocenters. The molecule has 0 aliphatic carbocycles. The molecule has 0 aromatic rings. The molecule has 0 radical (unpaired) electrons. The summed E-state index contributed by atoms with van der Waals surface area (Å²) in [5.74, 6) is 0. The molecule has 25 heavy (non-hydrogen) atoms.